The summed E-state index contributed by atoms with van der Waals surface area (Å²) in [6, 6.07) is 0. The first-order valence-corrected chi connectivity index (χ1v) is 9.86. The van der Waals surface area contributed by atoms with Crippen LogP contribution in [0.5, 0.6) is 0 Å². The molecule has 0 radical (unpaired) electrons. The second kappa shape index (κ2) is 15.4. The Kier molecular flexibility index (Phi) is 15.0. The third-order valence-corrected chi connectivity index (χ3v) is 4.48. The molecule has 1 amide bonds. The third-order valence-electron chi connectivity index (χ3n) is 4.48. The molecular formula is C20H41NO. The Morgan fingerprint density at radius 2 is 1.41 bits per heavy atom. The molecule has 0 unspecified atom stereocenters. The van der Waals surface area contributed by atoms with Crippen LogP contribution in [-0.2, 0) is 4.79 Å². The molecule has 0 saturated heterocycles. The average molecular weight is 312 g/mol. The molecule has 0 fully saturated rings. The monoisotopic (exact) mass is 311 g/mol. The van der Waals surface area contributed by atoms with Gasteiger partial charge in [0.2, 0.25) is 5.91 Å². The van der Waals surface area contributed by atoms with E-state index in [9.17, 15) is 4.79 Å². The highest BCUT2D eigenvalue weighted by molar-refractivity contribution is 5.75. The molecule has 1 atom stereocenters. The van der Waals surface area contributed by atoms with E-state index in [0.29, 0.717) is 12.3 Å². The van der Waals surface area contributed by atoms with Gasteiger partial charge in [-0.1, -0.05) is 85.5 Å². The second-order valence-electron chi connectivity index (χ2n) is 7.29. The quantitative estimate of drug-likeness (QED) is 0.364. The maximum absolute atomic E-state index is 11.8. The SMILES string of the molecule is CCCCCCCCCCCC(=O)NC[C@H](CC)CC(C)C. The highest BCUT2D eigenvalue weighted by atomic mass is 16.1. The minimum atomic E-state index is 0.255. The second-order valence-corrected chi connectivity index (χ2v) is 7.29. The van der Waals surface area contributed by atoms with Crippen molar-refractivity contribution in [2.24, 2.45) is 11.8 Å². The molecule has 2 nitrogen and oxygen atoms in total. The van der Waals surface area contributed by atoms with E-state index in [1.807, 2.05) is 0 Å². The Bertz CT molecular complexity index is 250. The molecular weight excluding hydrogens is 270 g/mol. The van der Waals surface area contributed by atoms with Gasteiger partial charge in [0, 0.05) is 13.0 Å². The van der Waals surface area contributed by atoms with Crippen LogP contribution >= 0.6 is 0 Å². The van der Waals surface area contributed by atoms with Crippen molar-refractivity contribution in [2.45, 2.75) is 105 Å². The van der Waals surface area contributed by atoms with Crippen LogP contribution in [0.4, 0.5) is 0 Å². The van der Waals surface area contributed by atoms with Gasteiger partial charge < -0.3 is 5.32 Å². The molecule has 0 aliphatic heterocycles. The van der Waals surface area contributed by atoms with Crippen molar-refractivity contribution >= 4 is 5.91 Å². The van der Waals surface area contributed by atoms with Crippen LogP contribution in [0.25, 0.3) is 0 Å². The fraction of sp³-hybridized carbons (Fsp3) is 0.950. The number of rotatable bonds is 15. The van der Waals surface area contributed by atoms with Crippen LogP contribution in [0.3, 0.4) is 0 Å². The molecule has 132 valence electrons. The van der Waals surface area contributed by atoms with Crippen molar-refractivity contribution in [1.29, 1.82) is 0 Å². The molecule has 0 aliphatic rings. The summed E-state index contributed by atoms with van der Waals surface area (Å²) in [5.74, 6) is 1.62. The fourth-order valence-electron chi connectivity index (χ4n) is 3.00. The van der Waals surface area contributed by atoms with Gasteiger partial charge in [-0.15, -0.1) is 0 Å². The number of carbonyl (C=O) groups excluding carboxylic acids is 1. The van der Waals surface area contributed by atoms with E-state index in [1.165, 1.54) is 57.8 Å². The van der Waals surface area contributed by atoms with E-state index in [-0.39, 0.29) is 5.91 Å². The molecule has 1 N–H and O–H groups in total. The lowest BCUT2D eigenvalue weighted by Crippen LogP contribution is -2.29. The van der Waals surface area contributed by atoms with Crippen LogP contribution in [-0.4, -0.2) is 12.5 Å². The highest BCUT2D eigenvalue weighted by Gasteiger charge is 2.10. The number of nitrogens with one attached hydrogen (secondary N) is 1. The van der Waals surface area contributed by atoms with Gasteiger partial charge in [-0.2, -0.15) is 0 Å². The maximum atomic E-state index is 11.8. The topological polar surface area (TPSA) is 29.1 Å². The van der Waals surface area contributed by atoms with Gasteiger partial charge in [0.1, 0.15) is 0 Å². The Morgan fingerprint density at radius 1 is 0.864 bits per heavy atom. The van der Waals surface area contributed by atoms with Gasteiger partial charge in [-0.25, -0.2) is 0 Å². The summed E-state index contributed by atoms with van der Waals surface area (Å²) in [5.41, 5.74) is 0. The third kappa shape index (κ3) is 14.4. The molecule has 0 heterocycles. The number of amides is 1. The summed E-state index contributed by atoms with van der Waals surface area (Å²) in [7, 11) is 0. The van der Waals surface area contributed by atoms with Gasteiger partial charge in [0.15, 0.2) is 0 Å². The van der Waals surface area contributed by atoms with Gasteiger partial charge in [0.25, 0.3) is 0 Å². The predicted octanol–water partition coefficient (Wildman–Crippen LogP) is 6.10. The van der Waals surface area contributed by atoms with E-state index < -0.39 is 0 Å². The van der Waals surface area contributed by atoms with Gasteiger partial charge in [-0.3, -0.25) is 4.79 Å². The number of unbranched alkanes of at least 4 members (excludes halogenated alkanes) is 8. The fourth-order valence-corrected chi connectivity index (χ4v) is 3.00. The van der Waals surface area contributed by atoms with Crippen LogP contribution < -0.4 is 5.32 Å². The molecule has 0 aliphatic carbocycles. The molecule has 0 aromatic heterocycles. The first kappa shape index (κ1) is 21.5. The summed E-state index contributed by atoms with van der Waals surface area (Å²) in [4.78, 5) is 11.8. The lowest BCUT2D eigenvalue weighted by molar-refractivity contribution is -0.121. The normalized spacial score (nSPS) is 12.6. The molecule has 0 aromatic rings. The Morgan fingerprint density at radius 3 is 1.91 bits per heavy atom. The van der Waals surface area contributed by atoms with Crippen molar-refractivity contribution in [3.8, 4) is 0 Å². The zero-order valence-electron chi connectivity index (χ0n) is 15.8. The predicted molar refractivity (Wildman–Crippen MR) is 98.1 cm³/mol. The summed E-state index contributed by atoms with van der Waals surface area (Å²) < 4.78 is 0. The van der Waals surface area contributed by atoms with Gasteiger partial charge >= 0.3 is 0 Å². The lowest BCUT2D eigenvalue weighted by Gasteiger charge is -2.17. The molecule has 22 heavy (non-hydrogen) atoms. The van der Waals surface area contributed by atoms with E-state index in [4.69, 9.17) is 0 Å². The van der Waals surface area contributed by atoms with E-state index >= 15 is 0 Å². The van der Waals surface area contributed by atoms with Crippen LogP contribution in [0.15, 0.2) is 0 Å². The molecule has 0 aromatic carbocycles. The average Bonchev–Trinajstić information content (AvgIpc) is 2.49. The largest absolute Gasteiger partial charge is 0.356 e. The van der Waals surface area contributed by atoms with E-state index in [1.54, 1.807) is 0 Å². The van der Waals surface area contributed by atoms with E-state index in [2.05, 4.69) is 33.0 Å². The summed E-state index contributed by atoms with van der Waals surface area (Å²) in [6.07, 6.45) is 14.9. The first-order chi connectivity index (χ1) is 10.6. The zero-order valence-corrected chi connectivity index (χ0v) is 15.8. The molecule has 0 rings (SSSR count). The Labute approximate surface area is 139 Å². The zero-order chi connectivity index (χ0) is 16.6. The first-order valence-electron chi connectivity index (χ1n) is 9.86. The van der Waals surface area contributed by atoms with Crippen LogP contribution in [0.2, 0.25) is 0 Å². The van der Waals surface area contributed by atoms with Crippen molar-refractivity contribution in [3.05, 3.63) is 0 Å². The molecule has 0 spiro atoms. The van der Waals surface area contributed by atoms with Crippen molar-refractivity contribution < 1.29 is 4.79 Å². The van der Waals surface area contributed by atoms with Gasteiger partial charge in [-0.05, 0) is 24.7 Å². The summed E-state index contributed by atoms with van der Waals surface area (Å²) >= 11 is 0. The number of carbonyl (C=O) groups is 1. The standard InChI is InChI=1S/C20H41NO/c1-5-7-8-9-10-11-12-13-14-15-20(22)21-17-19(6-2)16-18(3)4/h18-19H,5-17H2,1-4H3,(H,21,22)/t19-/m1/s1. The Hall–Kier alpha value is -0.530. The molecule has 0 saturated carbocycles. The van der Waals surface area contributed by atoms with E-state index in [0.717, 1.165) is 25.3 Å². The Balaban J connectivity index is 3.42. The molecule has 0 bridgehead atoms. The van der Waals surface area contributed by atoms with Crippen molar-refractivity contribution in [2.75, 3.05) is 6.54 Å². The lowest BCUT2D eigenvalue weighted by atomic mass is 9.95. The smallest absolute Gasteiger partial charge is 0.220 e. The van der Waals surface area contributed by atoms with Crippen LogP contribution in [0, 0.1) is 11.8 Å². The minimum Gasteiger partial charge on any atom is -0.356 e. The molecule has 2 heteroatoms. The number of hydrogen-bond donors (Lipinski definition) is 1. The number of hydrogen-bond acceptors (Lipinski definition) is 1. The van der Waals surface area contributed by atoms with Crippen molar-refractivity contribution in [1.82, 2.24) is 5.32 Å². The summed E-state index contributed by atoms with van der Waals surface area (Å²) in [5, 5.41) is 3.13. The van der Waals surface area contributed by atoms with Crippen LogP contribution in [0.1, 0.15) is 105 Å². The minimum absolute atomic E-state index is 0.255. The summed E-state index contributed by atoms with van der Waals surface area (Å²) in [6.45, 7) is 9.86. The maximum Gasteiger partial charge on any atom is 0.220 e. The highest BCUT2D eigenvalue weighted by Crippen LogP contribution is 2.14. The van der Waals surface area contributed by atoms with Gasteiger partial charge in [0.05, 0.1) is 0 Å². The van der Waals surface area contributed by atoms with Crippen molar-refractivity contribution in [3.63, 3.8) is 0 Å².